The molecule has 0 spiro atoms. The van der Waals surface area contributed by atoms with E-state index in [9.17, 15) is 0 Å². The van der Waals surface area contributed by atoms with Crippen molar-refractivity contribution in [3.05, 3.63) is 30.0 Å². The Morgan fingerprint density at radius 2 is 2.14 bits per heavy atom. The van der Waals surface area contributed by atoms with Gasteiger partial charge in [0.15, 0.2) is 0 Å². The standard InChI is InChI=1S/C11H14N2S/c1-13-10(7-14-2)6-8-5-9(12)3-4-11(8)13/h3-6H,7,12H2,1-2H3. The molecule has 2 rings (SSSR count). The highest BCUT2D eigenvalue weighted by Crippen LogP contribution is 2.23. The molecule has 0 fully saturated rings. The molecule has 0 aliphatic heterocycles. The SMILES string of the molecule is CSCc1cc2cc(N)ccc2n1C. The van der Waals surface area contributed by atoms with E-state index in [1.807, 2.05) is 23.9 Å². The molecular formula is C11H14N2S. The molecule has 2 N–H and O–H groups in total. The zero-order valence-electron chi connectivity index (χ0n) is 8.45. The molecule has 0 atom stereocenters. The summed E-state index contributed by atoms with van der Waals surface area (Å²) in [5, 5.41) is 1.23. The number of benzene rings is 1. The molecule has 0 saturated heterocycles. The fraction of sp³-hybridized carbons (Fsp3) is 0.273. The lowest BCUT2D eigenvalue weighted by Gasteiger charge is -2.01. The van der Waals surface area contributed by atoms with Gasteiger partial charge in [0.1, 0.15) is 0 Å². The van der Waals surface area contributed by atoms with Gasteiger partial charge in [-0.1, -0.05) is 0 Å². The molecule has 0 unspecified atom stereocenters. The second kappa shape index (κ2) is 3.58. The number of nitrogen functional groups attached to an aromatic ring is 1. The van der Waals surface area contributed by atoms with E-state index < -0.39 is 0 Å². The van der Waals surface area contributed by atoms with Crippen molar-refractivity contribution in [2.24, 2.45) is 7.05 Å². The van der Waals surface area contributed by atoms with Crippen molar-refractivity contribution >= 4 is 28.4 Å². The first-order chi connectivity index (χ1) is 6.72. The number of rotatable bonds is 2. The highest BCUT2D eigenvalue weighted by atomic mass is 32.2. The molecule has 0 bridgehead atoms. The average molecular weight is 206 g/mol. The lowest BCUT2D eigenvalue weighted by molar-refractivity contribution is 0.910. The Kier molecular flexibility index (Phi) is 2.42. The highest BCUT2D eigenvalue weighted by Gasteiger charge is 2.04. The number of hydrogen-bond donors (Lipinski definition) is 1. The van der Waals surface area contributed by atoms with Crippen LogP contribution in [0.3, 0.4) is 0 Å². The van der Waals surface area contributed by atoms with Crippen LogP contribution in [-0.4, -0.2) is 10.8 Å². The van der Waals surface area contributed by atoms with Crippen molar-refractivity contribution in [2.45, 2.75) is 5.75 Å². The van der Waals surface area contributed by atoms with Crippen LogP contribution < -0.4 is 5.73 Å². The van der Waals surface area contributed by atoms with E-state index in [1.165, 1.54) is 16.6 Å². The third kappa shape index (κ3) is 1.48. The van der Waals surface area contributed by atoms with Gasteiger partial charge in [0.2, 0.25) is 0 Å². The van der Waals surface area contributed by atoms with Crippen LogP contribution in [-0.2, 0) is 12.8 Å². The van der Waals surface area contributed by atoms with Gasteiger partial charge in [-0.15, -0.1) is 0 Å². The number of aromatic nitrogens is 1. The summed E-state index contributed by atoms with van der Waals surface area (Å²) in [4.78, 5) is 0. The van der Waals surface area contributed by atoms with Gasteiger partial charge in [0.05, 0.1) is 0 Å². The number of anilines is 1. The van der Waals surface area contributed by atoms with E-state index in [0.717, 1.165) is 11.4 Å². The van der Waals surface area contributed by atoms with E-state index >= 15 is 0 Å². The number of nitrogens with zero attached hydrogens (tertiary/aromatic N) is 1. The van der Waals surface area contributed by atoms with Gasteiger partial charge in [0, 0.05) is 35.1 Å². The molecule has 0 aliphatic rings. The number of thioether (sulfide) groups is 1. The first kappa shape index (κ1) is 9.46. The van der Waals surface area contributed by atoms with Crippen LogP contribution in [0.25, 0.3) is 10.9 Å². The van der Waals surface area contributed by atoms with Crippen molar-refractivity contribution in [1.29, 1.82) is 0 Å². The molecule has 0 radical (unpaired) electrons. The lowest BCUT2D eigenvalue weighted by Crippen LogP contribution is -1.93. The van der Waals surface area contributed by atoms with E-state index in [1.54, 1.807) is 0 Å². The maximum absolute atomic E-state index is 5.74. The first-order valence-corrected chi connectivity index (χ1v) is 5.94. The van der Waals surface area contributed by atoms with Crippen LogP contribution >= 0.6 is 11.8 Å². The normalized spacial score (nSPS) is 11.0. The van der Waals surface area contributed by atoms with Crippen LogP contribution in [0.1, 0.15) is 5.69 Å². The molecule has 1 heterocycles. The molecular weight excluding hydrogens is 192 g/mol. The number of nitrogens with two attached hydrogens (primary N) is 1. The van der Waals surface area contributed by atoms with Gasteiger partial charge in [0.25, 0.3) is 0 Å². The molecule has 1 aromatic heterocycles. The lowest BCUT2D eigenvalue weighted by atomic mass is 10.2. The zero-order chi connectivity index (χ0) is 10.1. The Hall–Kier alpha value is -1.09. The van der Waals surface area contributed by atoms with Crippen LogP contribution in [0.5, 0.6) is 0 Å². The predicted octanol–water partition coefficient (Wildman–Crippen LogP) is 2.62. The summed E-state index contributed by atoms with van der Waals surface area (Å²) < 4.78 is 2.23. The zero-order valence-corrected chi connectivity index (χ0v) is 9.27. The van der Waals surface area contributed by atoms with E-state index in [0.29, 0.717) is 0 Å². The van der Waals surface area contributed by atoms with Crippen molar-refractivity contribution < 1.29 is 0 Å². The van der Waals surface area contributed by atoms with E-state index in [4.69, 9.17) is 5.73 Å². The van der Waals surface area contributed by atoms with Gasteiger partial charge >= 0.3 is 0 Å². The van der Waals surface area contributed by atoms with E-state index in [2.05, 4.69) is 30.0 Å². The molecule has 1 aromatic carbocycles. The van der Waals surface area contributed by atoms with Crippen molar-refractivity contribution in [1.82, 2.24) is 4.57 Å². The fourth-order valence-corrected chi connectivity index (χ4v) is 2.28. The summed E-state index contributed by atoms with van der Waals surface area (Å²) in [5.74, 6) is 1.05. The molecule has 0 aliphatic carbocycles. The maximum Gasteiger partial charge on any atom is 0.0481 e. The summed E-state index contributed by atoms with van der Waals surface area (Å²) in [6, 6.07) is 8.26. The second-order valence-corrected chi connectivity index (χ2v) is 4.31. The summed E-state index contributed by atoms with van der Waals surface area (Å²) in [7, 11) is 2.10. The Morgan fingerprint density at radius 1 is 1.36 bits per heavy atom. The maximum atomic E-state index is 5.74. The summed E-state index contributed by atoms with van der Waals surface area (Å²) in [6.45, 7) is 0. The number of fused-ring (bicyclic) bond motifs is 1. The smallest absolute Gasteiger partial charge is 0.0481 e. The Labute approximate surface area is 88.1 Å². The van der Waals surface area contributed by atoms with Gasteiger partial charge < -0.3 is 10.3 Å². The summed E-state index contributed by atoms with van der Waals surface area (Å²) in [6.07, 6.45) is 2.12. The summed E-state index contributed by atoms with van der Waals surface area (Å²) in [5.41, 5.74) is 9.17. The molecule has 2 aromatic rings. The molecule has 14 heavy (non-hydrogen) atoms. The summed E-state index contributed by atoms with van der Waals surface area (Å²) >= 11 is 1.84. The van der Waals surface area contributed by atoms with Crippen LogP contribution in [0.4, 0.5) is 5.69 Å². The van der Waals surface area contributed by atoms with Gasteiger partial charge in [-0.05, 0) is 30.5 Å². The Morgan fingerprint density at radius 3 is 2.86 bits per heavy atom. The minimum absolute atomic E-state index is 0.832. The molecule has 3 heteroatoms. The highest BCUT2D eigenvalue weighted by molar-refractivity contribution is 7.97. The van der Waals surface area contributed by atoms with E-state index in [-0.39, 0.29) is 0 Å². The Bertz CT molecular complexity index is 460. The third-order valence-electron chi connectivity index (χ3n) is 2.46. The second-order valence-electron chi connectivity index (χ2n) is 3.45. The number of hydrogen-bond acceptors (Lipinski definition) is 2. The minimum Gasteiger partial charge on any atom is -0.399 e. The molecule has 0 saturated carbocycles. The Balaban J connectivity index is 2.61. The minimum atomic E-state index is 0.832. The monoisotopic (exact) mass is 206 g/mol. The van der Waals surface area contributed by atoms with Gasteiger partial charge in [-0.25, -0.2) is 0 Å². The fourth-order valence-electron chi connectivity index (χ4n) is 1.71. The van der Waals surface area contributed by atoms with Crippen molar-refractivity contribution in [3.63, 3.8) is 0 Å². The van der Waals surface area contributed by atoms with Gasteiger partial charge in [-0.2, -0.15) is 11.8 Å². The molecule has 74 valence electrons. The number of aryl methyl sites for hydroxylation is 1. The quantitative estimate of drug-likeness (QED) is 0.766. The molecule has 2 nitrogen and oxygen atoms in total. The molecule has 0 amide bonds. The van der Waals surface area contributed by atoms with Crippen LogP contribution in [0, 0.1) is 0 Å². The van der Waals surface area contributed by atoms with Crippen molar-refractivity contribution in [3.8, 4) is 0 Å². The van der Waals surface area contributed by atoms with Crippen molar-refractivity contribution in [2.75, 3.05) is 12.0 Å². The topological polar surface area (TPSA) is 30.9 Å². The van der Waals surface area contributed by atoms with Crippen LogP contribution in [0.15, 0.2) is 24.3 Å². The van der Waals surface area contributed by atoms with Gasteiger partial charge in [-0.3, -0.25) is 0 Å². The predicted molar refractivity (Wildman–Crippen MR) is 64.6 cm³/mol. The first-order valence-electron chi connectivity index (χ1n) is 4.55. The largest absolute Gasteiger partial charge is 0.399 e. The van der Waals surface area contributed by atoms with Crippen LogP contribution in [0.2, 0.25) is 0 Å². The average Bonchev–Trinajstić information content (AvgIpc) is 2.44. The third-order valence-corrected chi connectivity index (χ3v) is 3.04.